The van der Waals surface area contributed by atoms with Gasteiger partial charge in [-0.05, 0) is 80.2 Å². The molecule has 2 aromatic carbocycles. The van der Waals surface area contributed by atoms with Gasteiger partial charge in [-0.15, -0.1) is 0 Å². The van der Waals surface area contributed by atoms with Crippen molar-refractivity contribution in [2.75, 3.05) is 30.1 Å². The molecule has 10 nitrogen and oxygen atoms in total. The average molecular weight is 606 g/mol. The van der Waals surface area contributed by atoms with Crippen LogP contribution in [-0.2, 0) is 14.8 Å². The highest BCUT2D eigenvalue weighted by Gasteiger charge is 2.42. The summed E-state index contributed by atoms with van der Waals surface area (Å²) in [6.07, 6.45) is 2.82. The fourth-order valence-electron chi connectivity index (χ4n) is 5.48. The fourth-order valence-corrected chi connectivity index (χ4v) is 6.39. The van der Waals surface area contributed by atoms with Crippen molar-refractivity contribution in [1.29, 1.82) is 0 Å². The molecule has 2 atom stereocenters. The van der Waals surface area contributed by atoms with Gasteiger partial charge in [-0.25, -0.2) is 13.2 Å². The molecule has 0 saturated carbocycles. The minimum Gasteiger partial charge on any atom is -0.495 e. The number of hydrogen-bond donors (Lipinski definition) is 2. The van der Waals surface area contributed by atoms with E-state index < -0.39 is 16.0 Å². The quantitative estimate of drug-likeness (QED) is 0.215. The third kappa shape index (κ3) is 5.42. The summed E-state index contributed by atoms with van der Waals surface area (Å²) in [6, 6.07) is 19.6. The van der Waals surface area contributed by atoms with Crippen molar-refractivity contribution in [2.24, 2.45) is 0 Å². The van der Waals surface area contributed by atoms with Crippen LogP contribution in [0.4, 0.5) is 11.4 Å². The molecular weight excluding hydrogens is 574 g/mol. The van der Waals surface area contributed by atoms with Crippen molar-refractivity contribution in [1.82, 2.24) is 14.9 Å². The lowest BCUT2D eigenvalue weighted by Gasteiger charge is -2.29. The first-order valence-electron chi connectivity index (χ1n) is 13.1. The highest BCUT2D eigenvalue weighted by molar-refractivity contribution is 7.92. The van der Waals surface area contributed by atoms with Gasteiger partial charge in [0.05, 0.1) is 55.2 Å². The molecule has 0 radical (unpaired) electrons. The number of pyridine rings is 1. The minimum atomic E-state index is -3.58. The number of aromatic nitrogens is 2. The van der Waals surface area contributed by atoms with E-state index in [1.54, 1.807) is 30.5 Å². The van der Waals surface area contributed by atoms with Gasteiger partial charge in [0.2, 0.25) is 10.0 Å². The number of carbonyl (C=O) groups is 1. The van der Waals surface area contributed by atoms with E-state index in [2.05, 4.69) is 21.1 Å². The second-order valence-electron chi connectivity index (χ2n) is 9.93. The van der Waals surface area contributed by atoms with E-state index in [4.69, 9.17) is 21.7 Å². The number of benzene rings is 2. The largest absolute Gasteiger partial charge is 0.495 e. The summed E-state index contributed by atoms with van der Waals surface area (Å²) in [5.74, 6) is -0.0573. The van der Waals surface area contributed by atoms with E-state index in [9.17, 15) is 13.2 Å². The summed E-state index contributed by atoms with van der Waals surface area (Å²) in [5, 5.41) is 3.89. The van der Waals surface area contributed by atoms with Crippen molar-refractivity contribution in [3.63, 3.8) is 0 Å². The smallest absolute Gasteiger partial charge is 0.339 e. The third-order valence-electron chi connectivity index (χ3n) is 7.19. The zero-order valence-corrected chi connectivity index (χ0v) is 25.4. The van der Waals surface area contributed by atoms with Gasteiger partial charge in [0.15, 0.2) is 5.11 Å². The number of nitrogens with one attached hydrogen (secondary N) is 2. The number of thiocarbonyl (C=S) groups is 1. The molecule has 0 amide bonds. The molecule has 5 rings (SSSR count). The predicted molar refractivity (Wildman–Crippen MR) is 166 cm³/mol. The molecule has 0 spiro atoms. The third-order valence-corrected chi connectivity index (χ3v) is 8.10. The highest BCUT2D eigenvalue weighted by Crippen LogP contribution is 2.45. The molecular formula is C30H31N5O5S2. The van der Waals surface area contributed by atoms with E-state index in [0.29, 0.717) is 27.8 Å². The lowest BCUT2D eigenvalue weighted by molar-refractivity contribution is 0.0600. The van der Waals surface area contributed by atoms with Crippen molar-refractivity contribution in [3.8, 4) is 11.4 Å². The Morgan fingerprint density at radius 2 is 1.79 bits per heavy atom. The summed E-state index contributed by atoms with van der Waals surface area (Å²) in [7, 11) is -0.743. The number of sulfonamides is 1. The van der Waals surface area contributed by atoms with E-state index in [0.717, 1.165) is 28.9 Å². The van der Waals surface area contributed by atoms with Gasteiger partial charge in [0.25, 0.3) is 0 Å². The second kappa shape index (κ2) is 11.5. The lowest BCUT2D eigenvalue weighted by atomic mass is 9.96. The maximum Gasteiger partial charge on any atom is 0.339 e. The number of anilines is 2. The number of esters is 1. The van der Waals surface area contributed by atoms with Crippen LogP contribution in [0.15, 0.2) is 72.9 Å². The van der Waals surface area contributed by atoms with Crippen LogP contribution < -0.4 is 19.7 Å². The fraction of sp³-hybridized carbons (Fsp3) is 0.233. The van der Waals surface area contributed by atoms with Crippen molar-refractivity contribution >= 4 is 44.7 Å². The number of aryl methyl sites for hydroxylation is 1. The first-order valence-corrected chi connectivity index (χ1v) is 15.4. The summed E-state index contributed by atoms with van der Waals surface area (Å²) in [4.78, 5) is 19.2. The Morgan fingerprint density at radius 1 is 1.05 bits per heavy atom. The molecule has 2 aromatic heterocycles. The Bertz CT molecular complexity index is 1770. The zero-order valence-electron chi connectivity index (χ0n) is 23.8. The van der Waals surface area contributed by atoms with Crippen LogP contribution in [0.1, 0.15) is 45.1 Å². The van der Waals surface area contributed by atoms with E-state index >= 15 is 0 Å². The molecule has 218 valence electrons. The van der Waals surface area contributed by atoms with E-state index in [1.165, 1.54) is 14.2 Å². The van der Waals surface area contributed by atoms with Crippen LogP contribution in [0.3, 0.4) is 0 Å². The number of rotatable bonds is 8. The van der Waals surface area contributed by atoms with Gasteiger partial charge in [-0.2, -0.15) is 0 Å². The Balaban J connectivity index is 1.70. The summed E-state index contributed by atoms with van der Waals surface area (Å²) in [5.41, 5.74) is 5.63. The average Bonchev–Trinajstić information content (AvgIpc) is 3.46. The zero-order chi connectivity index (χ0) is 30.2. The molecule has 1 fully saturated rings. The Labute approximate surface area is 250 Å². The lowest BCUT2D eigenvalue weighted by Crippen LogP contribution is -2.29. The Hall–Kier alpha value is -4.42. The van der Waals surface area contributed by atoms with Crippen molar-refractivity contribution < 1.29 is 22.7 Å². The number of hydrogen-bond acceptors (Lipinski definition) is 7. The maximum atomic E-state index is 12.7. The normalized spacial score (nSPS) is 16.7. The number of ether oxygens (including phenoxy) is 2. The first kappa shape index (κ1) is 29.1. The molecule has 0 unspecified atom stereocenters. The standard InChI is InChI=1S/C30H31N5O5S2/c1-18-16-22(19(2)34(18)25-12-7-6-10-21(25)29(36)40-4)28-27(23-11-8-9-15-31-23)32-30(41)35(28)20-13-14-26(39-3)24(17-20)33-42(5,37)38/h6-17,27-28,33H,1-5H3,(H,32,41)/t27-,28-/m1/s1. The van der Waals surface area contributed by atoms with Gasteiger partial charge >= 0.3 is 5.97 Å². The first-order chi connectivity index (χ1) is 20.0. The molecule has 1 aliphatic heterocycles. The van der Waals surface area contributed by atoms with Gasteiger partial charge in [-0.1, -0.05) is 18.2 Å². The SMILES string of the molecule is COC(=O)c1ccccc1-n1c(C)cc([C@@H]2[C@@H](c3ccccn3)NC(=S)N2c2ccc(OC)c(NS(C)(=O)=O)c2)c1C. The van der Waals surface area contributed by atoms with E-state index in [1.807, 2.05) is 59.7 Å². The highest BCUT2D eigenvalue weighted by atomic mass is 32.2. The Kier molecular flexibility index (Phi) is 7.93. The second-order valence-corrected chi connectivity index (χ2v) is 12.1. The molecule has 42 heavy (non-hydrogen) atoms. The number of para-hydroxylation sites is 1. The van der Waals surface area contributed by atoms with Gasteiger partial charge in [0, 0.05) is 23.3 Å². The summed E-state index contributed by atoms with van der Waals surface area (Å²) < 4.78 is 39.3. The molecule has 4 aromatic rings. The summed E-state index contributed by atoms with van der Waals surface area (Å²) >= 11 is 5.89. The van der Waals surface area contributed by atoms with E-state index in [-0.39, 0.29) is 17.8 Å². The summed E-state index contributed by atoms with van der Waals surface area (Å²) in [6.45, 7) is 3.98. The minimum absolute atomic E-state index is 0.290. The van der Waals surface area contributed by atoms with Crippen LogP contribution >= 0.6 is 12.2 Å². The topological polar surface area (TPSA) is 115 Å². The van der Waals surface area contributed by atoms with Crippen molar-refractivity contribution in [3.05, 3.63) is 101 Å². The van der Waals surface area contributed by atoms with Crippen LogP contribution in [-0.4, -0.2) is 49.5 Å². The molecule has 0 aliphatic carbocycles. The van der Waals surface area contributed by atoms with Crippen LogP contribution in [0.2, 0.25) is 0 Å². The van der Waals surface area contributed by atoms with Crippen molar-refractivity contribution in [2.45, 2.75) is 25.9 Å². The Morgan fingerprint density at radius 3 is 2.45 bits per heavy atom. The van der Waals surface area contributed by atoms with Crippen LogP contribution in [0.5, 0.6) is 5.75 Å². The maximum absolute atomic E-state index is 12.7. The van der Waals surface area contributed by atoms with Crippen LogP contribution in [0.25, 0.3) is 5.69 Å². The monoisotopic (exact) mass is 605 g/mol. The van der Waals surface area contributed by atoms with Gasteiger partial charge < -0.3 is 24.3 Å². The van der Waals surface area contributed by atoms with Gasteiger partial charge in [0.1, 0.15) is 5.75 Å². The number of nitrogens with zero attached hydrogens (tertiary/aromatic N) is 3. The molecule has 1 saturated heterocycles. The molecule has 12 heteroatoms. The van der Waals surface area contributed by atoms with Gasteiger partial charge in [-0.3, -0.25) is 9.71 Å². The number of methoxy groups -OCH3 is 2. The predicted octanol–water partition coefficient (Wildman–Crippen LogP) is 4.83. The molecule has 3 heterocycles. The number of carbonyl (C=O) groups excluding carboxylic acids is 1. The molecule has 1 aliphatic rings. The molecule has 2 N–H and O–H groups in total. The van der Waals surface area contributed by atoms with Crippen LogP contribution in [0, 0.1) is 13.8 Å². The molecule has 0 bridgehead atoms.